The largest absolute Gasteiger partial charge is 0.394 e. The summed E-state index contributed by atoms with van der Waals surface area (Å²) >= 11 is 0. The molecule has 0 heterocycles. The summed E-state index contributed by atoms with van der Waals surface area (Å²) in [7, 11) is -0.524. The van der Waals surface area contributed by atoms with E-state index < -0.39 is 10.4 Å². The third kappa shape index (κ3) is 4.70. The predicted molar refractivity (Wildman–Crippen MR) is 72.5 cm³/mol. The van der Waals surface area contributed by atoms with Gasteiger partial charge < -0.3 is 4.90 Å². The molecule has 0 aliphatic heterocycles. The molecule has 0 spiro atoms. The van der Waals surface area contributed by atoms with Gasteiger partial charge in [-0.2, -0.15) is 8.42 Å². The van der Waals surface area contributed by atoms with Gasteiger partial charge in [0.25, 0.3) is 0 Å². The minimum absolute atomic E-state index is 1.28. The topological polar surface area (TPSA) is 77.8 Å². The van der Waals surface area contributed by atoms with E-state index in [0.29, 0.717) is 0 Å². The molecule has 0 aliphatic carbocycles. The first kappa shape index (κ1) is 14.4. The third-order valence-electron chi connectivity index (χ3n) is 2.25. The Balaban J connectivity index is 0.000000280. The summed E-state index contributed by atoms with van der Waals surface area (Å²) in [6.45, 7) is 0. The van der Waals surface area contributed by atoms with Crippen LogP contribution in [0.4, 0.5) is 5.69 Å². The fraction of sp³-hybridized carbons (Fsp3) is 0.167. The van der Waals surface area contributed by atoms with Crippen molar-refractivity contribution in [3.8, 4) is 0 Å². The lowest BCUT2D eigenvalue weighted by Gasteiger charge is -2.14. The van der Waals surface area contributed by atoms with E-state index in [1.54, 1.807) is 0 Å². The van der Waals surface area contributed by atoms with E-state index in [2.05, 4.69) is 61.5 Å². The van der Waals surface area contributed by atoms with Crippen molar-refractivity contribution in [2.75, 3.05) is 19.0 Å². The average molecular weight is 269 g/mol. The third-order valence-corrected chi connectivity index (χ3v) is 2.25. The highest BCUT2D eigenvalue weighted by atomic mass is 32.3. The Labute approximate surface area is 106 Å². The van der Waals surface area contributed by atoms with Gasteiger partial charge in [0.2, 0.25) is 0 Å². The molecular weight excluding hydrogens is 254 g/mol. The predicted octanol–water partition coefficient (Wildman–Crippen LogP) is 2.25. The number of hydrogen-bond donors (Lipinski definition) is 2. The first-order valence-electron chi connectivity index (χ1n) is 5.14. The van der Waals surface area contributed by atoms with E-state index in [1.807, 2.05) is 0 Å². The quantitative estimate of drug-likeness (QED) is 0.776. The van der Waals surface area contributed by atoms with E-state index in [9.17, 15) is 0 Å². The molecule has 2 aromatic rings. The highest BCUT2D eigenvalue weighted by molar-refractivity contribution is 7.79. The second-order valence-corrected chi connectivity index (χ2v) is 4.74. The molecule has 0 aliphatic rings. The van der Waals surface area contributed by atoms with Gasteiger partial charge in [-0.05, 0) is 11.5 Å². The minimum atomic E-state index is -4.67. The number of nitrogens with zero attached hydrogens (tertiary/aromatic N) is 1. The molecule has 0 unspecified atom stereocenters. The molecule has 2 rings (SSSR count). The second-order valence-electron chi connectivity index (χ2n) is 3.84. The van der Waals surface area contributed by atoms with Crippen LogP contribution in [0.25, 0.3) is 10.8 Å². The van der Waals surface area contributed by atoms with Gasteiger partial charge in [-0.3, -0.25) is 9.11 Å². The van der Waals surface area contributed by atoms with Crippen molar-refractivity contribution < 1.29 is 17.5 Å². The standard InChI is InChI=1S/C12H13N.H2O4S/c1-13(2)12-9-5-7-10-6-3-4-8-11(10)12;1-5(2,3)4/h3-9H,1-2H3;(H2,1,2,3,4). The first-order valence-corrected chi connectivity index (χ1v) is 6.53. The van der Waals surface area contributed by atoms with Crippen LogP contribution in [0.3, 0.4) is 0 Å². The number of rotatable bonds is 1. The molecule has 0 saturated heterocycles. The highest BCUT2D eigenvalue weighted by Gasteiger charge is 1.99. The molecule has 0 atom stereocenters. The van der Waals surface area contributed by atoms with Crippen LogP contribution in [0.5, 0.6) is 0 Å². The average Bonchev–Trinajstić information content (AvgIpc) is 2.26. The van der Waals surface area contributed by atoms with Crippen LogP contribution in [-0.4, -0.2) is 31.6 Å². The van der Waals surface area contributed by atoms with Gasteiger partial charge in [-0.1, -0.05) is 36.4 Å². The Hall–Kier alpha value is -1.63. The molecule has 5 nitrogen and oxygen atoms in total. The first-order chi connectivity index (χ1) is 8.29. The van der Waals surface area contributed by atoms with Crippen LogP contribution in [0.1, 0.15) is 0 Å². The fourth-order valence-electron chi connectivity index (χ4n) is 1.60. The summed E-state index contributed by atoms with van der Waals surface area (Å²) in [6.07, 6.45) is 0. The zero-order chi connectivity index (χ0) is 13.8. The summed E-state index contributed by atoms with van der Waals surface area (Å²) in [4.78, 5) is 2.14. The molecule has 0 fully saturated rings. The highest BCUT2D eigenvalue weighted by Crippen LogP contribution is 2.24. The molecule has 0 saturated carbocycles. The molecule has 0 amide bonds. The van der Waals surface area contributed by atoms with Crippen molar-refractivity contribution in [1.29, 1.82) is 0 Å². The Morgan fingerprint density at radius 2 is 1.44 bits per heavy atom. The van der Waals surface area contributed by atoms with Crippen molar-refractivity contribution in [3.63, 3.8) is 0 Å². The summed E-state index contributed by atoms with van der Waals surface area (Å²) in [5, 5.41) is 2.61. The second kappa shape index (κ2) is 5.81. The number of anilines is 1. The summed E-state index contributed by atoms with van der Waals surface area (Å²) < 4.78 is 31.6. The summed E-state index contributed by atoms with van der Waals surface area (Å²) in [6, 6.07) is 14.8. The zero-order valence-corrected chi connectivity index (χ0v) is 10.9. The molecule has 0 radical (unpaired) electrons. The molecular formula is C12H15NO4S. The molecule has 2 aromatic carbocycles. The molecule has 0 aromatic heterocycles. The Morgan fingerprint density at radius 1 is 0.944 bits per heavy atom. The lowest BCUT2D eigenvalue weighted by Crippen LogP contribution is -2.08. The van der Waals surface area contributed by atoms with Crippen molar-refractivity contribution in [1.82, 2.24) is 0 Å². The number of fused-ring (bicyclic) bond motifs is 1. The Bertz CT molecular complexity index is 610. The van der Waals surface area contributed by atoms with E-state index in [-0.39, 0.29) is 0 Å². The van der Waals surface area contributed by atoms with Crippen LogP contribution < -0.4 is 4.90 Å². The molecule has 0 bridgehead atoms. The van der Waals surface area contributed by atoms with Crippen LogP contribution >= 0.6 is 0 Å². The molecule has 98 valence electrons. The minimum Gasteiger partial charge on any atom is -0.377 e. The van der Waals surface area contributed by atoms with Crippen molar-refractivity contribution in [3.05, 3.63) is 42.5 Å². The van der Waals surface area contributed by atoms with E-state index in [4.69, 9.17) is 17.5 Å². The van der Waals surface area contributed by atoms with Crippen LogP contribution in [-0.2, 0) is 10.4 Å². The number of hydrogen-bond acceptors (Lipinski definition) is 3. The SMILES string of the molecule is CN(C)c1cccc2ccccc12.O=S(=O)(O)O. The fourth-order valence-corrected chi connectivity index (χ4v) is 1.60. The van der Waals surface area contributed by atoms with Gasteiger partial charge in [-0.25, -0.2) is 0 Å². The molecule has 18 heavy (non-hydrogen) atoms. The van der Waals surface area contributed by atoms with Crippen LogP contribution in [0.15, 0.2) is 42.5 Å². The number of benzene rings is 2. The lowest BCUT2D eigenvalue weighted by molar-refractivity contribution is 0.381. The van der Waals surface area contributed by atoms with Crippen molar-refractivity contribution >= 4 is 26.9 Å². The Morgan fingerprint density at radius 3 is 2.00 bits per heavy atom. The molecule has 2 N–H and O–H groups in total. The van der Waals surface area contributed by atoms with Gasteiger partial charge in [0, 0.05) is 25.2 Å². The monoisotopic (exact) mass is 269 g/mol. The van der Waals surface area contributed by atoms with Gasteiger partial charge in [0.1, 0.15) is 0 Å². The maximum atomic E-state index is 8.74. The lowest BCUT2D eigenvalue weighted by atomic mass is 10.1. The van der Waals surface area contributed by atoms with Crippen molar-refractivity contribution in [2.24, 2.45) is 0 Å². The van der Waals surface area contributed by atoms with E-state index in [0.717, 1.165) is 0 Å². The zero-order valence-electron chi connectivity index (χ0n) is 10.1. The summed E-state index contributed by atoms with van der Waals surface area (Å²) in [5.41, 5.74) is 1.28. The van der Waals surface area contributed by atoms with E-state index in [1.165, 1.54) is 16.5 Å². The van der Waals surface area contributed by atoms with Crippen LogP contribution in [0, 0.1) is 0 Å². The maximum Gasteiger partial charge on any atom is 0.394 e. The normalized spacial score (nSPS) is 10.7. The Kier molecular flexibility index (Phi) is 4.66. The van der Waals surface area contributed by atoms with Gasteiger partial charge in [-0.15, -0.1) is 0 Å². The van der Waals surface area contributed by atoms with Crippen molar-refractivity contribution in [2.45, 2.75) is 0 Å². The van der Waals surface area contributed by atoms with Gasteiger partial charge >= 0.3 is 10.4 Å². The smallest absolute Gasteiger partial charge is 0.377 e. The summed E-state index contributed by atoms with van der Waals surface area (Å²) in [5.74, 6) is 0. The van der Waals surface area contributed by atoms with Gasteiger partial charge in [0.05, 0.1) is 0 Å². The van der Waals surface area contributed by atoms with Crippen LogP contribution in [0.2, 0.25) is 0 Å². The maximum absolute atomic E-state index is 8.74. The molecule has 6 heteroatoms. The van der Waals surface area contributed by atoms with E-state index >= 15 is 0 Å². The van der Waals surface area contributed by atoms with Gasteiger partial charge in [0.15, 0.2) is 0 Å².